The molecule has 0 unspecified atom stereocenters. The molecule has 2 aliphatic rings. The van der Waals surface area contributed by atoms with Crippen LogP contribution in [0.15, 0.2) is 174 Å². The molecule has 0 saturated carbocycles. The molecule has 2 aliphatic heterocycles. The van der Waals surface area contributed by atoms with Gasteiger partial charge >= 0.3 is 6.85 Å². The van der Waals surface area contributed by atoms with Crippen LogP contribution in [0.3, 0.4) is 0 Å². The number of benzene rings is 8. The fourth-order valence-corrected chi connectivity index (χ4v) is 11.4. The summed E-state index contributed by atoms with van der Waals surface area (Å²) < 4.78 is 10.1. The Labute approximate surface area is 420 Å². The molecule has 8 aromatic carbocycles. The molecule has 5 heteroatoms. The van der Waals surface area contributed by atoms with E-state index in [9.17, 15) is 0 Å². The minimum Gasteiger partial charge on any atom is -0.440 e. The van der Waals surface area contributed by atoms with Gasteiger partial charge in [0.05, 0.1) is 5.69 Å². The van der Waals surface area contributed by atoms with Crippen molar-refractivity contribution < 1.29 is 4.42 Å². The van der Waals surface area contributed by atoms with Gasteiger partial charge in [0.1, 0.15) is 5.58 Å². The van der Waals surface area contributed by atoms with Gasteiger partial charge in [0.25, 0.3) is 0 Å². The predicted octanol–water partition coefficient (Wildman–Crippen LogP) is 17.3. The SMILES string of the molecule is CC(C)(C)c1ccc(-c2ccc3oc4c(c3c2)B2c3c(cc(C(C)(C)C)cc3N4c3ccc(C(C)(C)C)cc3)-c3ccc(N(c4ccccc4)c4ccccc4)c4c5cc(C(C)(C)C)ccc5n2c34)cc1. The first-order valence-corrected chi connectivity index (χ1v) is 25.5. The molecule has 0 atom stereocenters. The second-order valence-electron chi connectivity index (χ2n) is 24.3. The van der Waals surface area contributed by atoms with Gasteiger partial charge in [-0.25, -0.2) is 0 Å². The highest BCUT2D eigenvalue weighted by atomic mass is 16.4. The lowest BCUT2D eigenvalue weighted by Gasteiger charge is -2.39. The molecular formula is C66H64BN3O. The highest BCUT2D eigenvalue weighted by Crippen LogP contribution is 2.52. The smallest absolute Gasteiger partial charge is 0.337 e. The Bertz CT molecular complexity index is 3680. The molecule has 4 nitrogen and oxygen atoms in total. The number of para-hydroxylation sites is 2. The van der Waals surface area contributed by atoms with Gasteiger partial charge in [0.2, 0.25) is 5.88 Å². The van der Waals surface area contributed by atoms with Crippen LogP contribution in [0.25, 0.3) is 55.0 Å². The van der Waals surface area contributed by atoms with Gasteiger partial charge in [0.15, 0.2) is 0 Å². The number of furan rings is 1. The zero-order valence-corrected chi connectivity index (χ0v) is 43.5. The van der Waals surface area contributed by atoms with Gasteiger partial charge in [-0.1, -0.05) is 180 Å². The van der Waals surface area contributed by atoms with Crippen LogP contribution in [0.2, 0.25) is 0 Å². The van der Waals surface area contributed by atoms with Crippen molar-refractivity contribution in [2.75, 3.05) is 9.80 Å². The Kier molecular flexibility index (Phi) is 9.89. The fraction of sp³-hybridized carbons (Fsp3) is 0.242. The van der Waals surface area contributed by atoms with Gasteiger partial charge in [-0.15, -0.1) is 0 Å². The van der Waals surface area contributed by atoms with E-state index in [0.717, 1.165) is 45.3 Å². The average Bonchev–Trinajstić information content (AvgIpc) is 3.89. The maximum absolute atomic E-state index is 7.41. The Morgan fingerprint density at radius 3 is 1.61 bits per heavy atom. The summed E-state index contributed by atoms with van der Waals surface area (Å²) in [6.07, 6.45) is 0. The molecule has 0 radical (unpaired) electrons. The van der Waals surface area contributed by atoms with E-state index in [-0.39, 0.29) is 28.5 Å². The Morgan fingerprint density at radius 1 is 0.451 bits per heavy atom. The third-order valence-electron chi connectivity index (χ3n) is 15.4. The molecule has 352 valence electrons. The molecule has 0 N–H and O–H groups in total. The lowest BCUT2D eigenvalue weighted by molar-refractivity contribution is 0.589. The zero-order valence-electron chi connectivity index (χ0n) is 43.5. The minimum atomic E-state index is -0.209. The summed E-state index contributed by atoms with van der Waals surface area (Å²) in [6.45, 7) is 27.5. The third kappa shape index (κ3) is 7.17. The van der Waals surface area contributed by atoms with Gasteiger partial charge < -0.3 is 13.8 Å². The molecule has 12 rings (SSSR count). The average molecular weight is 926 g/mol. The Hall–Kier alpha value is -7.24. The van der Waals surface area contributed by atoms with E-state index in [1.807, 2.05) is 0 Å². The monoisotopic (exact) mass is 926 g/mol. The van der Waals surface area contributed by atoms with E-state index in [1.54, 1.807) is 0 Å². The highest BCUT2D eigenvalue weighted by Gasteiger charge is 2.47. The van der Waals surface area contributed by atoms with Crippen LogP contribution >= 0.6 is 0 Å². The van der Waals surface area contributed by atoms with Crippen molar-refractivity contribution in [3.63, 3.8) is 0 Å². The minimum absolute atomic E-state index is 0.00964. The molecule has 0 bridgehead atoms. The molecule has 0 amide bonds. The molecule has 4 heterocycles. The summed E-state index contributed by atoms with van der Waals surface area (Å²) in [6, 6.07) is 64.0. The van der Waals surface area contributed by atoms with Crippen LogP contribution in [0.1, 0.15) is 105 Å². The summed E-state index contributed by atoms with van der Waals surface area (Å²) in [5.74, 6) is 0.870. The Morgan fingerprint density at radius 2 is 1.01 bits per heavy atom. The quantitative estimate of drug-likeness (QED) is 0.161. The summed E-state index contributed by atoms with van der Waals surface area (Å²) in [7, 11) is 0. The number of hydrogen-bond acceptors (Lipinski definition) is 3. The third-order valence-corrected chi connectivity index (χ3v) is 15.4. The molecular weight excluding hydrogens is 862 g/mol. The van der Waals surface area contributed by atoms with Crippen molar-refractivity contribution in [2.24, 2.45) is 0 Å². The largest absolute Gasteiger partial charge is 0.440 e. The Balaban J connectivity index is 1.23. The van der Waals surface area contributed by atoms with Crippen LogP contribution < -0.4 is 20.7 Å². The van der Waals surface area contributed by atoms with Crippen LogP contribution in [0.4, 0.5) is 34.3 Å². The first kappa shape index (κ1) is 44.9. The van der Waals surface area contributed by atoms with E-state index in [2.05, 4.69) is 267 Å². The second kappa shape index (κ2) is 15.6. The van der Waals surface area contributed by atoms with Crippen molar-refractivity contribution in [1.82, 2.24) is 4.48 Å². The molecule has 2 aromatic heterocycles. The van der Waals surface area contributed by atoms with Crippen LogP contribution in [-0.4, -0.2) is 11.3 Å². The van der Waals surface area contributed by atoms with Crippen molar-refractivity contribution in [3.05, 3.63) is 192 Å². The molecule has 0 aliphatic carbocycles. The molecule has 0 saturated heterocycles. The number of anilines is 6. The lowest BCUT2D eigenvalue weighted by atomic mass is 9.45. The zero-order chi connectivity index (χ0) is 49.5. The van der Waals surface area contributed by atoms with E-state index < -0.39 is 0 Å². The highest BCUT2D eigenvalue weighted by molar-refractivity contribution is 6.91. The maximum atomic E-state index is 7.41. The number of rotatable bonds is 5. The molecule has 10 aromatic rings. The summed E-state index contributed by atoms with van der Waals surface area (Å²) in [5, 5.41) is 3.63. The summed E-state index contributed by atoms with van der Waals surface area (Å²) in [4.78, 5) is 4.90. The first-order valence-electron chi connectivity index (χ1n) is 25.5. The fourth-order valence-electron chi connectivity index (χ4n) is 11.4. The topological polar surface area (TPSA) is 24.6 Å². The van der Waals surface area contributed by atoms with E-state index >= 15 is 0 Å². The summed E-state index contributed by atoms with van der Waals surface area (Å²) >= 11 is 0. The van der Waals surface area contributed by atoms with Gasteiger partial charge in [-0.2, -0.15) is 0 Å². The number of aromatic nitrogens is 1. The van der Waals surface area contributed by atoms with Crippen LogP contribution in [0, 0.1) is 0 Å². The van der Waals surface area contributed by atoms with Crippen molar-refractivity contribution in [3.8, 4) is 22.3 Å². The normalized spacial score (nSPS) is 13.6. The van der Waals surface area contributed by atoms with Crippen LogP contribution in [0.5, 0.6) is 0 Å². The van der Waals surface area contributed by atoms with Crippen molar-refractivity contribution in [1.29, 1.82) is 0 Å². The van der Waals surface area contributed by atoms with E-state index in [1.165, 1.54) is 77.2 Å². The van der Waals surface area contributed by atoms with Crippen molar-refractivity contribution >= 4 is 84.9 Å². The predicted molar refractivity (Wildman–Crippen MR) is 305 cm³/mol. The molecule has 0 spiro atoms. The summed E-state index contributed by atoms with van der Waals surface area (Å²) in [5.41, 5.74) is 21.4. The number of nitrogens with zero attached hydrogens (tertiary/aromatic N) is 3. The number of hydrogen-bond donors (Lipinski definition) is 0. The maximum Gasteiger partial charge on any atom is 0.337 e. The standard InChI is InChI=1S/C66H64BN3O/c1-63(2,3)43-26-23-41(24-27-43)42-25-36-57-53(37-42)60-62(71-57)69(49-31-28-44(29-32-49)64(4,5)6)56-40-46(66(10,11)12)39-51-50-33-35-55(68(47-19-15-13-16-20-47)48-21-17-14-18-22-48)58-52-38-45(65(7,8)9)30-34-54(52)70(61(50)58)67(60)59(51)56/h13-40H,1-12H3. The molecule has 71 heavy (non-hydrogen) atoms. The van der Waals surface area contributed by atoms with Crippen LogP contribution in [-0.2, 0) is 21.7 Å². The van der Waals surface area contributed by atoms with Gasteiger partial charge in [-0.05, 0) is 139 Å². The molecule has 0 fully saturated rings. The van der Waals surface area contributed by atoms with E-state index in [4.69, 9.17) is 4.42 Å². The van der Waals surface area contributed by atoms with Gasteiger partial charge in [-0.3, -0.25) is 4.90 Å². The first-order chi connectivity index (χ1) is 33.8. The van der Waals surface area contributed by atoms with Gasteiger partial charge in [0, 0.05) is 61.0 Å². The lowest BCUT2D eigenvalue weighted by Crippen LogP contribution is -2.56. The van der Waals surface area contributed by atoms with Crippen molar-refractivity contribution in [2.45, 2.75) is 105 Å². The van der Waals surface area contributed by atoms with E-state index in [0.29, 0.717) is 0 Å². The second-order valence-corrected chi connectivity index (χ2v) is 24.3. The number of fused-ring (bicyclic) bond motifs is 9.